The van der Waals surface area contributed by atoms with Crippen LogP contribution in [0.3, 0.4) is 0 Å². The third-order valence-electron chi connectivity index (χ3n) is 4.96. The van der Waals surface area contributed by atoms with Crippen LogP contribution < -0.4 is 5.32 Å². The molecule has 3 heterocycles. The number of aromatic nitrogens is 6. The van der Waals surface area contributed by atoms with Crippen molar-refractivity contribution in [3.8, 4) is 22.8 Å². The summed E-state index contributed by atoms with van der Waals surface area (Å²) in [6.45, 7) is 0. The lowest BCUT2D eigenvalue weighted by Gasteiger charge is -2.06. The summed E-state index contributed by atoms with van der Waals surface area (Å²) in [5.41, 5.74) is 3.91. The molecule has 5 rings (SSSR count). The third-order valence-corrected chi connectivity index (χ3v) is 5.22. The zero-order valence-corrected chi connectivity index (χ0v) is 18.1. The second-order valence-corrected chi connectivity index (χ2v) is 7.70. The smallest absolute Gasteiger partial charge is 0.228 e. The molecule has 0 radical (unpaired) electrons. The maximum atomic E-state index is 12.9. The molecular formula is C24H18ClN7O. The molecule has 0 bridgehead atoms. The predicted octanol–water partition coefficient (Wildman–Crippen LogP) is 4.35. The minimum atomic E-state index is -0.173. The molecule has 0 aliphatic carbocycles. The van der Waals surface area contributed by atoms with Crippen molar-refractivity contribution in [2.45, 2.75) is 6.42 Å². The van der Waals surface area contributed by atoms with E-state index < -0.39 is 0 Å². The van der Waals surface area contributed by atoms with Crippen molar-refractivity contribution >= 4 is 23.2 Å². The van der Waals surface area contributed by atoms with Crippen LogP contribution in [0.1, 0.15) is 5.56 Å². The highest BCUT2D eigenvalue weighted by Crippen LogP contribution is 2.26. The fraction of sp³-hybridized carbons (Fsp3) is 0.0417. The highest BCUT2D eigenvalue weighted by molar-refractivity contribution is 6.30. The zero-order chi connectivity index (χ0) is 22.6. The summed E-state index contributed by atoms with van der Waals surface area (Å²) in [5.74, 6) is 0.438. The van der Waals surface area contributed by atoms with Gasteiger partial charge in [-0.2, -0.15) is 10.2 Å². The first-order chi connectivity index (χ1) is 16.2. The first-order valence-corrected chi connectivity index (χ1v) is 10.5. The fourth-order valence-electron chi connectivity index (χ4n) is 3.40. The summed E-state index contributed by atoms with van der Waals surface area (Å²) in [6.07, 6.45) is 6.61. The Bertz CT molecular complexity index is 1360. The van der Waals surface area contributed by atoms with Crippen molar-refractivity contribution in [3.05, 3.63) is 102 Å². The number of carbonyl (C=O) groups excluding carboxylic acids is 1. The topological polar surface area (TPSA) is 90.5 Å². The maximum absolute atomic E-state index is 12.9. The van der Waals surface area contributed by atoms with Gasteiger partial charge in [0.2, 0.25) is 5.91 Å². The summed E-state index contributed by atoms with van der Waals surface area (Å²) in [5, 5.41) is 12.3. The molecule has 1 amide bonds. The van der Waals surface area contributed by atoms with Crippen LogP contribution in [0.4, 0.5) is 5.69 Å². The van der Waals surface area contributed by atoms with Crippen molar-refractivity contribution in [2.75, 3.05) is 5.32 Å². The van der Waals surface area contributed by atoms with Crippen molar-refractivity contribution in [1.29, 1.82) is 0 Å². The summed E-state index contributed by atoms with van der Waals surface area (Å²) < 4.78 is 3.32. The molecule has 162 valence electrons. The Hall–Kier alpha value is -4.30. The zero-order valence-electron chi connectivity index (χ0n) is 17.3. The molecule has 0 spiro atoms. The van der Waals surface area contributed by atoms with Gasteiger partial charge < -0.3 is 5.32 Å². The van der Waals surface area contributed by atoms with E-state index in [1.165, 1.54) is 6.33 Å². The second-order valence-electron chi connectivity index (χ2n) is 7.26. The lowest BCUT2D eigenvalue weighted by atomic mass is 10.1. The van der Waals surface area contributed by atoms with Crippen molar-refractivity contribution in [2.24, 2.45) is 0 Å². The van der Waals surface area contributed by atoms with Gasteiger partial charge in [-0.15, -0.1) is 0 Å². The summed E-state index contributed by atoms with van der Waals surface area (Å²) in [4.78, 5) is 21.1. The van der Waals surface area contributed by atoms with Crippen LogP contribution in [0.5, 0.6) is 0 Å². The minimum Gasteiger partial charge on any atom is -0.324 e. The van der Waals surface area contributed by atoms with Crippen LogP contribution in [0.2, 0.25) is 5.02 Å². The van der Waals surface area contributed by atoms with Gasteiger partial charge in [-0.25, -0.2) is 19.3 Å². The van der Waals surface area contributed by atoms with Crippen LogP contribution in [0.25, 0.3) is 22.8 Å². The first-order valence-electron chi connectivity index (χ1n) is 10.2. The molecule has 0 saturated carbocycles. The van der Waals surface area contributed by atoms with Crippen molar-refractivity contribution in [1.82, 2.24) is 29.5 Å². The van der Waals surface area contributed by atoms with E-state index in [0.717, 1.165) is 22.5 Å². The van der Waals surface area contributed by atoms with E-state index in [2.05, 4.69) is 20.4 Å². The quantitative estimate of drug-likeness (QED) is 0.411. The largest absolute Gasteiger partial charge is 0.324 e. The number of nitrogens with one attached hydrogen (secondary N) is 1. The van der Waals surface area contributed by atoms with E-state index in [-0.39, 0.29) is 12.3 Å². The molecular weight excluding hydrogens is 438 g/mol. The molecule has 0 atom stereocenters. The standard InChI is InChI=1S/C24H18ClN7O/c25-19-8-6-17(7-9-19)24-18(14-31(30-24)21-4-2-1-3-5-21)12-23(33)29-20-10-11-22(27-13-20)32-16-26-15-28-32/h1-11,13-16H,12H2,(H,29,33). The third kappa shape index (κ3) is 4.65. The van der Waals surface area contributed by atoms with E-state index in [1.54, 1.807) is 34.0 Å². The van der Waals surface area contributed by atoms with Gasteiger partial charge in [0.05, 0.1) is 29.7 Å². The Morgan fingerprint density at radius 3 is 2.48 bits per heavy atom. The van der Waals surface area contributed by atoms with Gasteiger partial charge in [-0.05, 0) is 36.4 Å². The van der Waals surface area contributed by atoms with Crippen molar-refractivity contribution < 1.29 is 4.79 Å². The Labute approximate surface area is 194 Å². The predicted molar refractivity (Wildman–Crippen MR) is 125 cm³/mol. The van der Waals surface area contributed by atoms with Gasteiger partial charge in [-0.3, -0.25) is 4.79 Å². The first kappa shape index (κ1) is 20.6. The van der Waals surface area contributed by atoms with E-state index >= 15 is 0 Å². The molecule has 5 aromatic rings. The molecule has 33 heavy (non-hydrogen) atoms. The van der Waals surface area contributed by atoms with Crippen LogP contribution in [0.15, 0.2) is 91.8 Å². The number of pyridine rings is 1. The van der Waals surface area contributed by atoms with Crippen LogP contribution in [-0.4, -0.2) is 35.4 Å². The number of benzene rings is 2. The normalized spacial score (nSPS) is 10.8. The van der Waals surface area contributed by atoms with Gasteiger partial charge in [0, 0.05) is 22.3 Å². The van der Waals surface area contributed by atoms with Crippen LogP contribution in [-0.2, 0) is 11.2 Å². The van der Waals surface area contributed by atoms with Crippen molar-refractivity contribution in [3.63, 3.8) is 0 Å². The van der Waals surface area contributed by atoms with E-state index in [0.29, 0.717) is 16.5 Å². The number of amides is 1. The summed E-state index contributed by atoms with van der Waals surface area (Å²) >= 11 is 6.05. The average Bonchev–Trinajstić information content (AvgIpc) is 3.52. The van der Waals surface area contributed by atoms with Crippen LogP contribution in [0, 0.1) is 0 Å². The SMILES string of the molecule is O=C(Cc1cn(-c2ccccc2)nc1-c1ccc(Cl)cc1)Nc1ccc(-n2cncn2)nc1. The molecule has 0 aliphatic heterocycles. The lowest BCUT2D eigenvalue weighted by Crippen LogP contribution is -2.15. The Morgan fingerprint density at radius 2 is 1.79 bits per heavy atom. The van der Waals surface area contributed by atoms with E-state index in [4.69, 9.17) is 16.7 Å². The van der Waals surface area contributed by atoms with Gasteiger partial charge in [0.25, 0.3) is 0 Å². The number of nitrogens with zero attached hydrogens (tertiary/aromatic N) is 6. The summed E-state index contributed by atoms with van der Waals surface area (Å²) in [6, 6.07) is 20.7. The number of para-hydroxylation sites is 1. The lowest BCUT2D eigenvalue weighted by molar-refractivity contribution is -0.115. The second kappa shape index (κ2) is 9.05. The molecule has 0 aliphatic rings. The monoisotopic (exact) mass is 455 g/mol. The number of halogens is 1. The molecule has 0 fully saturated rings. The molecule has 2 aromatic carbocycles. The molecule has 3 aromatic heterocycles. The molecule has 0 unspecified atom stereocenters. The number of hydrogen-bond acceptors (Lipinski definition) is 5. The Kier molecular flexibility index (Phi) is 5.65. The highest BCUT2D eigenvalue weighted by atomic mass is 35.5. The van der Waals surface area contributed by atoms with Gasteiger partial charge in [0.15, 0.2) is 5.82 Å². The fourth-order valence-corrected chi connectivity index (χ4v) is 3.53. The molecule has 1 N–H and O–H groups in total. The van der Waals surface area contributed by atoms with E-state index in [1.807, 2.05) is 60.8 Å². The number of anilines is 1. The van der Waals surface area contributed by atoms with Gasteiger partial charge in [0.1, 0.15) is 12.7 Å². The molecule has 0 saturated heterocycles. The number of carbonyl (C=O) groups is 1. The van der Waals surface area contributed by atoms with Crippen LogP contribution >= 0.6 is 11.6 Å². The molecule has 9 heteroatoms. The minimum absolute atomic E-state index is 0.148. The number of rotatable bonds is 6. The van der Waals surface area contributed by atoms with E-state index in [9.17, 15) is 4.79 Å². The summed E-state index contributed by atoms with van der Waals surface area (Å²) in [7, 11) is 0. The number of hydrogen-bond donors (Lipinski definition) is 1. The highest BCUT2D eigenvalue weighted by Gasteiger charge is 2.16. The Balaban J connectivity index is 1.39. The maximum Gasteiger partial charge on any atom is 0.228 e. The Morgan fingerprint density at radius 1 is 0.970 bits per heavy atom. The van der Waals surface area contributed by atoms with Gasteiger partial charge in [-0.1, -0.05) is 41.9 Å². The average molecular weight is 456 g/mol. The van der Waals surface area contributed by atoms with Gasteiger partial charge >= 0.3 is 0 Å². The molecule has 8 nitrogen and oxygen atoms in total.